The van der Waals surface area contributed by atoms with E-state index in [0.717, 1.165) is 60.0 Å². The van der Waals surface area contributed by atoms with E-state index < -0.39 is 0 Å². The van der Waals surface area contributed by atoms with Crippen molar-refractivity contribution < 1.29 is 9.59 Å². The molecule has 1 aromatic carbocycles. The van der Waals surface area contributed by atoms with Gasteiger partial charge in [-0.2, -0.15) is 0 Å². The Balaban J connectivity index is 1.86. The SMILES string of the molecule is CC(=O)NCC[C@H]1CCCCN1C(=O)c1cccc2[nH]c(C)c(C)c12. The molecular formula is C20H27N3O2. The van der Waals surface area contributed by atoms with Gasteiger partial charge in [-0.25, -0.2) is 0 Å². The Hall–Kier alpha value is -2.30. The van der Waals surface area contributed by atoms with Crippen LogP contribution in [0, 0.1) is 13.8 Å². The monoisotopic (exact) mass is 341 g/mol. The van der Waals surface area contributed by atoms with Crippen molar-refractivity contribution in [3.8, 4) is 0 Å². The van der Waals surface area contributed by atoms with Gasteiger partial charge in [-0.15, -0.1) is 0 Å². The predicted molar refractivity (Wildman–Crippen MR) is 99.7 cm³/mol. The van der Waals surface area contributed by atoms with E-state index in [2.05, 4.69) is 17.2 Å². The molecule has 1 aromatic heterocycles. The highest BCUT2D eigenvalue weighted by Crippen LogP contribution is 2.28. The first-order chi connectivity index (χ1) is 12.0. The molecule has 1 atom stereocenters. The molecule has 1 saturated heterocycles. The van der Waals surface area contributed by atoms with E-state index in [0.29, 0.717) is 6.54 Å². The number of hydrogen-bond acceptors (Lipinski definition) is 2. The number of aryl methyl sites for hydroxylation is 2. The molecule has 0 unspecified atom stereocenters. The summed E-state index contributed by atoms with van der Waals surface area (Å²) < 4.78 is 0. The average molecular weight is 341 g/mol. The largest absolute Gasteiger partial charge is 0.358 e. The fraction of sp³-hybridized carbons (Fsp3) is 0.500. The van der Waals surface area contributed by atoms with Crippen LogP contribution in [-0.2, 0) is 4.79 Å². The number of hydrogen-bond donors (Lipinski definition) is 2. The van der Waals surface area contributed by atoms with Crippen LogP contribution in [0.15, 0.2) is 18.2 Å². The fourth-order valence-corrected chi connectivity index (χ4v) is 3.86. The molecule has 1 fully saturated rings. The third kappa shape index (κ3) is 3.55. The molecule has 1 aliphatic heterocycles. The van der Waals surface area contributed by atoms with E-state index in [4.69, 9.17) is 0 Å². The van der Waals surface area contributed by atoms with E-state index in [1.165, 1.54) is 6.92 Å². The van der Waals surface area contributed by atoms with Crippen LogP contribution in [0.5, 0.6) is 0 Å². The van der Waals surface area contributed by atoms with Gasteiger partial charge >= 0.3 is 0 Å². The number of carbonyl (C=O) groups excluding carboxylic acids is 2. The van der Waals surface area contributed by atoms with Gasteiger partial charge in [0.25, 0.3) is 5.91 Å². The smallest absolute Gasteiger partial charge is 0.254 e. The number of piperidine rings is 1. The Morgan fingerprint density at radius 1 is 1.28 bits per heavy atom. The zero-order valence-electron chi connectivity index (χ0n) is 15.3. The summed E-state index contributed by atoms with van der Waals surface area (Å²) in [5, 5.41) is 3.89. The highest BCUT2D eigenvalue weighted by atomic mass is 16.2. The summed E-state index contributed by atoms with van der Waals surface area (Å²) in [4.78, 5) is 29.8. The lowest BCUT2D eigenvalue weighted by Crippen LogP contribution is -2.45. The summed E-state index contributed by atoms with van der Waals surface area (Å²) >= 11 is 0. The molecule has 2 aromatic rings. The van der Waals surface area contributed by atoms with Gasteiger partial charge in [0.15, 0.2) is 0 Å². The van der Waals surface area contributed by atoms with E-state index in [-0.39, 0.29) is 17.9 Å². The van der Waals surface area contributed by atoms with E-state index >= 15 is 0 Å². The molecule has 5 nitrogen and oxygen atoms in total. The van der Waals surface area contributed by atoms with Crippen LogP contribution < -0.4 is 5.32 Å². The molecule has 0 spiro atoms. The predicted octanol–water partition coefficient (Wildman–Crippen LogP) is 3.31. The standard InChI is InChI=1S/C20H27N3O2/c1-13-14(2)22-18-9-6-8-17(19(13)18)20(25)23-12-5-4-7-16(23)10-11-21-15(3)24/h6,8-9,16,22H,4-5,7,10-12H2,1-3H3,(H,21,24)/t16-/m1/s1. The first-order valence-electron chi connectivity index (χ1n) is 9.12. The zero-order valence-corrected chi connectivity index (χ0v) is 15.3. The first-order valence-corrected chi connectivity index (χ1v) is 9.12. The second kappa shape index (κ2) is 7.30. The van der Waals surface area contributed by atoms with Gasteiger partial charge in [-0.1, -0.05) is 6.07 Å². The van der Waals surface area contributed by atoms with Gasteiger partial charge in [0.05, 0.1) is 0 Å². The number of nitrogens with zero attached hydrogens (tertiary/aromatic N) is 1. The van der Waals surface area contributed by atoms with Crippen molar-refractivity contribution in [2.75, 3.05) is 13.1 Å². The molecule has 0 bridgehead atoms. The fourth-order valence-electron chi connectivity index (χ4n) is 3.86. The lowest BCUT2D eigenvalue weighted by Gasteiger charge is -2.36. The minimum Gasteiger partial charge on any atom is -0.358 e. The van der Waals surface area contributed by atoms with E-state index in [1.807, 2.05) is 30.0 Å². The summed E-state index contributed by atoms with van der Waals surface area (Å²) in [7, 11) is 0. The van der Waals surface area contributed by atoms with Gasteiger partial charge in [0.1, 0.15) is 0 Å². The number of fused-ring (bicyclic) bond motifs is 1. The van der Waals surface area contributed by atoms with Crippen molar-refractivity contribution in [1.29, 1.82) is 0 Å². The molecule has 0 aliphatic carbocycles. The number of H-pyrrole nitrogens is 1. The second-order valence-electron chi connectivity index (χ2n) is 7.02. The lowest BCUT2D eigenvalue weighted by molar-refractivity contribution is -0.119. The van der Waals surface area contributed by atoms with Crippen molar-refractivity contribution in [1.82, 2.24) is 15.2 Å². The highest BCUT2D eigenvalue weighted by Gasteiger charge is 2.28. The van der Waals surface area contributed by atoms with Crippen molar-refractivity contribution in [2.24, 2.45) is 0 Å². The summed E-state index contributed by atoms with van der Waals surface area (Å²) in [5.41, 5.74) is 4.06. The Morgan fingerprint density at radius 3 is 2.84 bits per heavy atom. The molecule has 0 saturated carbocycles. The number of carbonyl (C=O) groups is 2. The molecule has 3 rings (SSSR count). The molecular weight excluding hydrogens is 314 g/mol. The molecule has 5 heteroatoms. The van der Waals surface area contributed by atoms with Crippen molar-refractivity contribution in [3.63, 3.8) is 0 Å². The van der Waals surface area contributed by atoms with Crippen LogP contribution in [0.25, 0.3) is 10.9 Å². The maximum Gasteiger partial charge on any atom is 0.254 e. The zero-order chi connectivity index (χ0) is 18.0. The van der Waals surface area contributed by atoms with E-state index in [1.54, 1.807) is 0 Å². The summed E-state index contributed by atoms with van der Waals surface area (Å²) in [6.45, 7) is 7.05. The Bertz CT molecular complexity index is 794. The lowest BCUT2D eigenvalue weighted by atomic mass is 9.96. The van der Waals surface area contributed by atoms with Crippen LogP contribution in [-0.4, -0.2) is 40.8 Å². The number of amides is 2. The second-order valence-corrected chi connectivity index (χ2v) is 7.02. The first kappa shape index (κ1) is 17.5. The van der Waals surface area contributed by atoms with Gasteiger partial charge in [0.2, 0.25) is 5.91 Å². The van der Waals surface area contributed by atoms with Crippen LogP contribution >= 0.6 is 0 Å². The number of nitrogens with one attached hydrogen (secondary N) is 2. The summed E-state index contributed by atoms with van der Waals surface area (Å²) in [6, 6.07) is 6.10. The number of likely N-dealkylation sites (tertiary alicyclic amines) is 1. The minimum absolute atomic E-state index is 0.0168. The van der Waals surface area contributed by atoms with Crippen molar-refractivity contribution in [3.05, 3.63) is 35.0 Å². The van der Waals surface area contributed by atoms with Crippen LogP contribution in [0.4, 0.5) is 0 Å². The molecule has 2 N–H and O–H groups in total. The van der Waals surface area contributed by atoms with E-state index in [9.17, 15) is 9.59 Å². The summed E-state index contributed by atoms with van der Waals surface area (Å²) in [5.74, 6) is 0.0945. The third-order valence-electron chi connectivity index (χ3n) is 5.29. The van der Waals surface area contributed by atoms with Gasteiger partial charge < -0.3 is 15.2 Å². The maximum atomic E-state index is 13.3. The number of rotatable bonds is 4. The van der Waals surface area contributed by atoms with Gasteiger partial charge in [-0.05, 0) is 57.2 Å². The minimum atomic E-state index is -0.0168. The Labute approximate surface area is 148 Å². The van der Waals surface area contributed by atoms with Crippen LogP contribution in [0.1, 0.15) is 54.2 Å². The van der Waals surface area contributed by atoms with Crippen molar-refractivity contribution >= 4 is 22.7 Å². The van der Waals surface area contributed by atoms with Crippen LogP contribution in [0.2, 0.25) is 0 Å². The Morgan fingerprint density at radius 2 is 2.08 bits per heavy atom. The highest BCUT2D eigenvalue weighted by molar-refractivity contribution is 6.08. The molecule has 2 amide bonds. The molecule has 1 aliphatic rings. The molecule has 25 heavy (non-hydrogen) atoms. The quantitative estimate of drug-likeness (QED) is 0.896. The topological polar surface area (TPSA) is 65.2 Å². The number of benzene rings is 1. The number of aromatic nitrogens is 1. The Kier molecular flexibility index (Phi) is 5.11. The van der Waals surface area contributed by atoms with Crippen molar-refractivity contribution in [2.45, 2.75) is 52.5 Å². The number of aromatic amines is 1. The average Bonchev–Trinajstić information content (AvgIpc) is 2.89. The third-order valence-corrected chi connectivity index (χ3v) is 5.29. The van der Waals surface area contributed by atoms with Gasteiger partial charge in [0, 0.05) is 48.2 Å². The molecule has 134 valence electrons. The normalized spacial score (nSPS) is 17.7. The van der Waals surface area contributed by atoms with Gasteiger partial charge in [-0.3, -0.25) is 9.59 Å². The van der Waals surface area contributed by atoms with Crippen LogP contribution in [0.3, 0.4) is 0 Å². The molecule has 0 radical (unpaired) electrons. The summed E-state index contributed by atoms with van der Waals surface area (Å²) in [6.07, 6.45) is 4.00. The maximum absolute atomic E-state index is 13.3. The molecule has 2 heterocycles.